The van der Waals surface area contributed by atoms with Crippen molar-refractivity contribution >= 4 is 10.1 Å². The van der Waals surface area contributed by atoms with Crippen molar-refractivity contribution in [3.63, 3.8) is 0 Å². The molecule has 0 saturated carbocycles. The zero-order valence-electron chi connectivity index (χ0n) is 12.3. The van der Waals surface area contributed by atoms with Gasteiger partial charge in [0.15, 0.2) is 5.79 Å². The molecule has 1 N–H and O–H groups in total. The number of benzene rings is 1. The predicted octanol–water partition coefficient (Wildman–Crippen LogP) is 1.95. The van der Waals surface area contributed by atoms with Crippen LogP contribution >= 0.6 is 0 Å². The number of ether oxygens (including phenoxy) is 2. The SMILES string of the molecule is Cc1ccc(O)cc1S(=O)(=O)OCCC1COC(C)(C)O1. The quantitative estimate of drug-likeness (QED) is 0.836. The van der Waals surface area contributed by atoms with Gasteiger partial charge in [0.2, 0.25) is 0 Å². The summed E-state index contributed by atoms with van der Waals surface area (Å²) in [6.45, 7) is 5.68. The summed E-state index contributed by atoms with van der Waals surface area (Å²) in [7, 11) is -3.89. The molecule has 21 heavy (non-hydrogen) atoms. The van der Waals surface area contributed by atoms with Crippen LogP contribution in [0.15, 0.2) is 23.1 Å². The van der Waals surface area contributed by atoms with Crippen molar-refractivity contribution in [3.05, 3.63) is 23.8 Å². The first-order valence-corrected chi connectivity index (χ1v) is 8.11. The maximum absolute atomic E-state index is 12.1. The largest absolute Gasteiger partial charge is 0.508 e. The summed E-state index contributed by atoms with van der Waals surface area (Å²) in [4.78, 5) is -0.0218. The molecule has 1 saturated heterocycles. The van der Waals surface area contributed by atoms with E-state index in [1.165, 1.54) is 18.2 Å². The Bertz CT molecular complexity index is 608. The summed E-state index contributed by atoms with van der Waals surface area (Å²) >= 11 is 0. The van der Waals surface area contributed by atoms with Crippen LogP contribution < -0.4 is 0 Å². The van der Waals surface area contributed by atoms with Gasteiger partial charge in [-0.1, -0.05) is 6.07 Å². The van der Waals surface area contributed by atoms with Gasteiger partial charge < -0.3 is 14.6 Å². The van der Waals surface area contributed by atoms with Crippen molar-refractivity contribution in [1.29, 1.82) is 0 Å². The Kier molecular flexibility index (Phi) is 4.57. The molecule has 0 aliphatic carbocycles. The van der Waals surface area contributed by atoms with Crippen LogP contribution in [-0.4, -0.2) is 38.6 Å². The van der Waals surface area contributed by atoms with Gasteiger partial charge >= 0.3 is 0 Å². The molecule has 1 unspecified atom stereocenters. The van der Waals surface area contributed by atoms with Crippen LogP contribution in [0.2, 0.25) is 0 Å². The number of aryl methyl sites for hydroxylation is 1. The molecular weight excluding hydrogens is 296 g/mol. The molecule has 1 fully saturated rings. The Morgan fingerprint density at radius 2 is 2.14 bits per heavy atom. The van der Waals surface area contributed by atoms with Gasteiger partial charge in [-0.2, -0.15) is 8.42 Å². The van der Waals surface area contributed by atoms with E-state index in [0.717, 1.165) is 0 Å². The Morgan fingerprint density at radius 1 is 1.43 bits per heavy atom. The maximum atomic E-state index is 12.1. The lowest BCUT2D eigenvalue weighted by molar-refractivity contribution is -0.139. The van der Waals surface area contributed by atoms with Crippen LogP contribution in [0, 0.1) is 6.92 Å². The lowest BCUT2D eigenvalue weighted by atomic mass is 10.2. The highest BCUT2D eigenvalue weighted by atomic mass is 32.2. The molecule has 0 aromatic heterocycles. The predicted molar refractivity (Wildman–Crippen MR) is 75.5 cm³/mol. The second-order valence-corrected chi connectivity index (χ2v) is 7.05. The van der Waals surface area contributed by atoms with Crippen molar-refractivity contribution in [2.75, 3.05) is 13.2 Å². The topological polar surface area (TPSA) is 82.1 Å². The van der Waals surface area contributed by atoms with Crippen LogP contribution in [0.4, 0.5) is 0 Å². The second kappa shape index (κ2) is 5.92. The molecule has 1 aromatic rings. The van der Waals surface area contributed by atoms with E-state index in [-0.39, 0.29) is 23.4 Å². The highest BCUT2D eigenvalue weighted by Gasteiger charge is 2.32. The minimum Gasteiger partial charge on any atom is -0.508 e. The van der Waals surface area contributed by atoms with Gasteiger partial charge in [0.1, 0.15) is 10.6 Å². The fourth-order valence-electron chi connectivity index (χ4n) is 2.12. The first kappa shape index (κ1) is 16.2. The van der Waals surface area contributed by atoms with E-state index >= 15 is 0 Å². The van der Waals surface area contributed by atoms with Gasteiger partial charge in [-0.05, 0) is 32.4 Å². The van der Waals surface area contributed by atoms with E-state index < -0.39 is 15.9 Å². The monoisotopic (exact) mass is 316 g/mol. The number of rotatable bonds is 5. The van der Waals surface area contributed by atoms with Crippen LogP contribution in [0.3, 0.4) is 0 Å². The Morgan fingerprint density at radius 3 is 2.76 bits per heavy atom. The lowest BCUT2D eigenvalue weighted by Gasteiger charge is -2.17. The summed E-state index contributed by atoms with van der Waals surface area (Å²) in [6, 6.07) is 4.14. The van der Waals surface area contributed by atoms with Crippen LogP contribution in [0.5, 0.6) is 5.75 Å². The van der Waals surface area contributed by atoms with Crippen molar-refractivity contribution in [3.8, 4) is 5.75 Å². The summed E-state index contributed by atoms with van der Waals surface area (Å²) in [5, 5.41) is 9.40. The van der Waals surface area contributed by atoms with Gasteiger partial charge in [0.25, 0.3) is 10.1 Å². The fraction of sp³-hybridized carbons (Fsp3) is 0.571. The smallest absolute Gasteiger partial charge is 0.297 e. The van der Waals surface area contributed by atoms with E-state index in [9.17, 15) is 13.5 Å². The number of phenols is 1. The maximum Gasteiger partial charge on any atom is 0.297 e. The molecule has 0 radical (unpaired) electrons. The second-order valence-electron chi connectivity index (χ2n) is 5.47. The van der Waals surface area contributed by atoms with Crippen LogP contribution in [0.25, 0.3) is 0 Å². The highest BCUT2D eigenvalue weighted by molar-refractivity contribution is 7.86. The minimum absolute atomic E-state index is 0.00152. The molecule has 1 aromatic carbocycles. The van der Waals surface area contributed by atoms with Crippen molar-refractivity contribution < 1.29 is 27.2 Å². The zero-order chi connectivity index (χ0) is 15.7. The van der Waals surface area contributed by atoms with Crippen molar-refractivity contribution in [2.45, 2.75) is 44.0 Å². The standard InChI is InChI=1S/C14H20O6S/c1-10-4-5-11(15)8-13(10)21(16,17)19-7-6-12-9-18-14(2,3)20-12/h4-5,8,12,15H,6-7,9H2,1-3H3. The molecule has 1 heterocycles. The van der Waals surface area contributed by atoms with Gasteiger partial charge in [0, 0.05) is 12.5 Å². The summed E-state index contributed by atoms with van der Waals surface area (Å²) in [5.41, 5.74) is 0.523. The minimum atomic E-state index is -3.89. The third-order valence-corrected chi connectivity index (χ3v) is 4.64. The normalized spacial score (nSPS) is 21.6. The number of hydrogen-bond donors (Lipinski definition) is 1. The van der Waals surface area contributed by atoms with E-state index in [0.29, 0.717) is 18.6 Å². The molecule has 0 bridgehead atoms. The Hall–Kier alpha value is -1.15. The molecule has 2 rings (SSSR count). The Balaban J connectivity index is 1.94. The Labute approximate surface area is 124 Å². The van der Waals surface area contributed by atoms with Crippen LogP contribution in [0.1, 0.15) is 25.8 Å². The molecule has 118 valence electrons. The third kappa shape index (κ3) is 4.16. The molecule has 1 aliphatic rings. The van der Waals surface area contributed by atoms with E-state index in [4.69, 9.17) is 13.7 Å². The highest BCUT2D eigenvalue weighted by Crippen LogP contribution is 2.25. The molecule has 1 aliphatic heterocycles. The molecule has 1 atom stereocenters. The fourth-order valence-corrected chi connectivity index (χ4v) is 3.29. The molecule has 0 spiro atoms. The molecule has 7 heteroatoms. The average Bonchev–Trinajstić information content (AvgIpc) is 2.71. The third-order valence-electron chi connectivity index (χ3n) is 3.19. The van der Waals surface area contributed by atoms with Gasteiger partial charge in [0.05, 0.1) is 19.3 Å². The van der Waals surface area contributed by atoms with E-state index in [1.807, 2.05) is 0 Å². The summed E-state index contributed by atoms with van der Waals surface area (Å²) in [5.74, 6) is -0.747. The number of hydrogen-bond acceptors (Lipinski definition) is 6. The molecule has 0 amide bonds. The zero-order valence-corrected chi connectivity index (χ0v) is 13.1. The number of aromatic hydroxyl groups is 1. The summed E-state index contributed by atoms with van der Waals surface area (Å²) < 4.78 is 40.2. The number of phenolic OH excluding ortho intramolecular Hbond substituents is 1. The van der Waals surface area contributed by atoms with Crippen molar-refractivity contribution in [2.24, 2.45) is 0 Å². The average molecular weight is 316 g/mol. The summed E-state index contributed by atoms with van der Waals surface area (Å²) in [6.07, 6.45) is 0.237. The van der Waals surface area contributed by atoms with Crippen LogP contribution in [-0.2, 0) is 23.8 Å². The first-order chi connectivity index (χ1) is 9.70. The van der Waals surface area contributed by atoms with Gasteiger partial charge in [-0.15, -0.1) is 0 Å². The van der Waals surface area contributed by atoms with Crippen molar-refractivity contribution in [1.82, 2.24) is 0 Å². The van der Waals surface area contributed by atoms with E-state index in [1.54, 1.807) is 20.8 Å². The molecule has 6 nitrogen and oxygen atoms in total. The van der Waals surface area contributed by atoms with Gasteiger partial charge in [-0.3, -0.25) is 4.18 Å². The van der Waals surface area contributed by atoms with E-state index in [2.05, 4.69) is 0 Å². The lowest BCUT2D eigenvalue weighted by Crippen LogP contribution is -2.22. The molecular formula is C14H20O6S. The van der Waals surface area contributed by atoms with Gasteiger partial charge in [-0.25, -0.2) is 0 Å². The first-order valence-electron chi connectivity index (χ1n) is 6.70.